The Morgan fingerprint density at radius 1 is 1.17 bits per heavy atom. The number of hydrogen-bond acceptors (Lipinski definition) is 2. The Morgan fingerprint density at radius 3 is 2.33 bits per heavy atom. The molecule has 0 aromatic carbocycles. The summed E-state index contributed by atoms with van der Waals surface area (Å²) in [7, 11) is 0. The van der Waals surface area contributed by atoms with Gasteiger partial charge in [-0.2, -0.15) is 0 Å². The van der Waals surface area contributed by atoms with E-state index in [2.05, 4.69) is 44.8 Å². The molecule has 0 aromatic rings. The summed E-state index contributed by atoms with van der Waals surface area (Å²) in [6.45, 7) is 15.4. The summed E-state index contributed by atoms with van der Waals surface area (Å²) in [6.07, 6.45) is 6.56. The van der Waals surface area contributed by atoms with Crippen LogP contribution >= 0.6 is 0 Å². The van der Waals surface area contributed by atoms with Crippen LogP contribution in [-0.4, -0.2) is 36.1 Å². The van der Waals surface area contributed by atoms with Gasteiger partial charge in [0, 0.05) is 24.7 Å². The zero-order valence-electron chi connectivity index (χ0n) is 13.3. The molecule has 0 bridgehead atoms. The largest absolute Gasteiger partial charge is 0.308 e. The molecule has 108 valence electrons. The predicted molar refractivity (Wildman–Crippen MR) is 81.0 cm³/mol. The van der Waals surface area contributed by atoms with Crippen LogP contribution in [0.15, 0.2) is 0 Å². The standard InChI is InChI=1S/C16H34N2/c1-6-9-10-11-18-13-16(7-2,8-3)17-12-15(18)14(4)5/h14-15,17H,6-13H2,1-5H3. The summed E-state index contributed by atoms with van der Waals surface area (Å²) in [6, 6.07) is 0.730. The van der Waals surface area contributed by atoms with Gasteiger partial charge in [-0.1, -0.05) is 47.5 Å². The molecule has 1 heterocycles. The van der Waals surface area contributed by atoms with Crippen molar-refractivity contribution in [3.05, 3.63) is 0 Å². The van der Waals surface area contributed by atoms with Gasteiger partial charge in [0.25, 0.3) is 0 Å². The van der Waals surface area contributed by atoms with E-state index in [1.54, 1.807) is 0 Å². The molecule has 1 atom stereocenters. The Hall–Kier alpha value is -0.0800. The van der Waals surface area contributed by atoms with Crippen LogP contribution in [0.5, 0.6) is 0 Å². The first-order valence-electron chi connectivity index (χ1n) is 8.07. The highest BCUT2D eigenvalue weighted by atomic mass is 15.3. The topological polar surface area (TPSA) is 15.3 Å². The maximum absolute atomic E-state index is 3.84. The van der Waals surface area contributed by atoms with Crippen LogP contribution in [0.25, 0.3) is 0 Å². The second-order valence-corrected chi connectivity index (χ2v) is 6.36. The van der Waals surface area contributed by atoms with Crippen molar-refractivity contribution in [2.45, 2.75) is 78.3 Å². The summed E-state index contributed by atoms with van der Waals surface area (Å²) in [4.78, 5) is 2.77. The average Bonchev–Trinajstić information content (AvgIpc) is 2.38. The minimum absolute atomic E-state index is 0.373. The van der Waals surface area contributed by atoms with Crippen molar-refractivity contribution in [3.8, 4) is 0 Å². The molecule has 0 amide bonds. The average molecular weight is 254 g/mol. The first-order chi connectivity index (χ1) is 8.58. The quantitative estimate of drug-likeness (QED) is 0.697. The molecule has 0 saturated carbocycles. The van der Waals surface area contributed by atoms with Crippen molar-refractivity contribution >= 4 is 0 Å². The van der Waals surface area contributed by atoms with Crippen molar-refractivity contribution in [2.24, 2.45) is 5.92 Å². The molecule has 1 aliphatic heterocycles. The molecule has 0 radical (unpaired) electrons. The fourth-order valence-corrected chi connectivity index (χ4v) is 3.20. The summed E-state index contributed by atoms with van der Waals surface area (Å²) in [5.74, 6) is 0.755. The molecule has 2 heteroatoms. The normalized spacial score (nSPS) is 24.7. The molecular formula is C16H34N2. The van der Waals surface area contributed by atoms with Crippen LogP contribution < -0.4 is 5.32 Å². The van der Waals surface area contributed by atoms with Crippen LogP contribution in [0.1, 0.15) is 66.7 Å². The maximum Gasteiger partial charge on any atom is 0.0304 e. The lowest BCUT2D eigenvalue weighted by Crippen LogP contribution is -2.65. The third kappa shape index (κ3) is 3.96. The number of unbranched alkanes of at least 4 members (excludes halogenated alkanes) is 2. The lowest BCUT2D eigenvalue weighted by molar-refractivity contribution is 0.0492. The van der Waals surface area contributed by atoms with Gasteiger partial charge >= 0.3 is 0 Å². The van der Waals surface area contributed by atoms with Gasteiger partial charge in [0.05, 0.1) is 0 Å². The van der Waals surface area contributed by atoms with Crippen molar-refractivity contribution in [3.63, 3.8) is 0 Å². The molecule has 2 nitrogen and oxygen atoms in total. The van der Waals surface area contributed by atoms with E-state index in [1.807, 2.05) is 0 Å². The summed E-state index contributed by atoms with van der Waals surface area (Å²) < 4.78 is 0. The van der Waals surface area contributed by atoms with Gasteiger partial charge in [0.15, 0.2) is 0 Å². The van der Waals surface area contributed by atoms with Gasteiger partial charge in [0.2, 0.25) is 0 Å². The molecule has 0 spiro atoms. The fourth-order valence-electron chi connectivity index (χ4n) is 3.20. The van der Waals surface area contributed by atoms with Crippen molar-refractivity contribution < 1.29 is 0 Å². The predicted octanol–water partition coefficient (Wildman–Crippen LogP) is 3.67. The van der Waals surface area contributed by atoms with Crippen molar-refractivity contribution in [1.82, 2.24) is 10.2 Å². The van der Waals surface area contributed by atoms with Gasteiger partial charge in [-0.05, 0) is 31.7 Å². The monoisotopic (exact) mass is 254 g/mol. The van der Waals surface area contributed by atoms with Gasteiger partial charge in [-0.3, -0.25) is 4.90 Å². The molecule has 18 heavy (non-hydrogen) atoms. The zero-order chi connectivity index (χ0) is 13.6. The minimum atomic E-state index is 0.373. The van der Waals surface area contributed by atoms with E-state index in [9.17, 15) is 0 Å². The molecule has 1 fully saturated rings. The third-order valence-corrected chi connectivity index (χ3v) is 4.83. The molecule has 1 unspecified atom stereocenters. The van der Waals surface area contributed by atoms with E-state index in [0.717, 1.165) is 12.0 Å². The summed E-state index contributed by atoms with van der Waals surface area (Å²) in [5.41, 5.74) is 0.373. The Kier molecular flexibility index (Phi) is 6.65. The molecule has 1 N–H and O–H groups in total. The number of nitrogens with zero attached hydrogens (tertiary/aromatic N) is 1. The van der Waals surface area contributed by atoms with E-state index in [-0.39, 0.29) is 0 Å². The summed E-state index contributed by atoms with van der Waals surface area (Å²) >= 11 is 0. The Morgan fingerprint density at radius 2 is 1.83 bits per heavy atom. The lowest BCUT2D eigenvalue weighted by atomic mass is 9.86. The van der Waals surface area contributed by atoms with E-state index in [1.165, 1.54) is 51.7 Å². The maximum atomic E-state index is 3.84. The molecule has 0 aliphatic carbocycles. The Labute approximate surface area is 115 Å². The zero-order valence-corrected chi connectivity index (χ0v) is 13.3. The minimum Gasteiger partial charge on any atom is -0.308 e. The lowest BCUT2D eigenvalue weighted by Gasteiger charge is -2.49. The van der Waals surface area contributed by atoms with Crippen molar-refractivity contribution in [2.75, 3.05) is 19.6 Å². The van der Waals surface area contributed by atoms with Crippen LogP contribution in [0.4, 0.5) is 0 Å². The Balaban J connectivity index is 2.63. The van der Waals surface area contributed by atoms with Gasteiger partial charge in [-0.25, -0.2) is 0 Å². The van der Waals surface area contributed by atoms with Crippen LogP contribution in [0, 0.1) is 5.92 Å². The number of rotatable bonds is 7. The first-order valence-corrected chi connectivity index (χ1v) is 8.07. The fraction of sp³-hybridized carbons (Fsp3) is 1.00. The number of hydrogen-bond donors (Lipinski definition) is 1. The van der Waals surface area contributed by atoms with Crippen LogP contribution in [-0.2, 0) is 0 Å². The molecule has 1 aliphatic rings. The van der Waals surface area contributed by atoms with E-state index in [4.69, 9.17) is 0 Å². The highest BCUT2D eigenvalue weighted by Gasteiger charge is 2.37. The molecular weight excluding hydrogens is 220 g/mol. The van der Waals surface area contributed by atoms with E-state index >= 15 is 0 Å². The smallest absolute Gasteiger partial charge is 0.0304 e. The highest BCUT2D eigenvalue weighted by Crippen LogP contribution is 2.25. The van der Waals surface area contributed by atoms with Crippen LogP contribution in [0.3, 0.4) is 0 Å². The SMILES string of the molecule is CCCCCN1CC(CC)(CC)NCC1C(C)C. The Bertz CT molecular complexity index is 221. The summed E-state index contributed by atoms with van der Waals surface area (Å²) in [5, 5.41) is 3.84. The van der Waals surface area contributed by atoms with Crippen molar-refractivity contribution in [1.29, 1.82) is 0 Å². The second-order valence-electron chi connectivity index (χ2n) is 6.36. The number of nitrogens with one attached hydrogen (secondary N) is 1. The second kappa shape index (κ2) is 7.49. The van der Waals surface area contributed by atoms with Gasteiger partial charge in [0.1, 0.15) is 0 Å². The molecule has 0 aromatic heterocycles. The van der Waals surface area contributed by atoms with Gasteiger partial charge < -0.3 is 5.32 Å². The molecule has 1 saturated heterocycles. The van der Waals surface area contributed by atoms with E-state index < -0.39 is 0 Å². The molecule has 1 rings (SSSR count). The first kappa shape index (κ1) is 16.0. The highest BCUT2D eigenvalue weighted by molar-refractivity contribution is 4.97. The van der Waals surface area contributed by atoms with Gasteiger partial charge in [-0.15, -0.1) is 0 Å². The van der Waals surface area contributed by atoms with E-state index in [0.29, 0.717) is 5.54 Å². The number of piperazine rings is 1. The third-order valence-electron chi connectivity index (χ3n) is 4.83. The van der Waals surface area contributed by atoms with Crippen LogP contribution in [0.2, 0.25) is 0 Å².